The van der Waals surface area contributed by atoms with Gasteiger partial charge >= 0.3 is 5.97 Å². The minimum absolute atomic E-state index is 0.342. The molecule has 2 rings (SSSR count). The van der Waals surface area contributed by atoms with E-state index >= 15 is 0 Å². The molecule has 0 aromatic rings. The molecule has 4 heteroatoms. The van der Waals surface area contributed by atoms with Crippen LogP contribution in [0.15, 0.2) is 23.4 Å². The van der Waals surface area contributed by atoms with E-state index in [0.29, 0.717) is 6.42 Å². The topological polar surface area (TPSA) is 61.4 Å². The summed E-state index contributed by atoms with van der Waals surface area (Å²) in [4.78, 5) is 10.6. The van der Waals surface area contributed by atoms with Gasteiger partial charge in [-0.1, -0.05) is 6.08 Å². The Morgan fingerprint density at radius 3 is 3.25 bits per heavy atom. The molecular formula is C8H10N2O2. The minimum atomic E-state index is -0.746. The van der Waals surface area contributed by atoms with Crippen LogP contribution in [0.25, 0.3) is 0 Å². The van der Waals surface area contributed by atoms with Crippen LogP contribution in [-0.2, 0) is 4.79 Å². The number of carbonyl (C=O) groups is 1. The number of hydrogen-bond acceptors (Lipinski definition) is 3. The van der Waals surface area contributed by atoms with Crippen molar-refractivity contribution < 1.29 is 9.90 Å². The molecule has 0 saturated heterocycles. The highest BCUT2D eigenvalue weighted by atomic mass is 16.4. The van der Waals surface area contributed by atoms with Crippen molar-refractivity contribution in [3.8, 4) is 0 Å². The van der Waals surface area contributed by atoms with Crippen molar-refractivity contribution in [3.05, 3.63) is 23.4 Å². The lowest BCUT2D eigenvalue weighted by molar-refractivity contribution is -0.140. The molecule has 1 aliphatic carbocycles. The second-order valence-electron chi connectivity index (χ2n) is 3.00. The normalized spacial score (nSPS) is 26.8. The van der Waals surface area contributed by atoms with Crippen LogP contribution in [0.1, 0.15) is 6.42 Å². The Bertz CT molecular complexity index is 281. The van der Waals surface area contributed by atoms with Crippen molar-refractivity contribution in [1.82, 2.24) is 10.9 Å². The van der Waals surface area contributed by atoms with E-state index in [1.165, 1.54) is 0 Å². The maximum absolute atomic E-state index is 10.6. The van der Waals surface area contributed by atoms with Crippen LogP contribution in [0.4, 0.5) is 0 Å². The van der Waals surface area contributed by atoms with E-state index in [2.05, 4.69) is 10.9 Å². The van der Waals surface area contributed by atoms with Gasteiger partial charge in [-0.05, 0) is 18.1 Å². The predicted molar refractivity (Wildman–Crippen MR) is 43.0 cm³/mol. The van der Waals surface area contributed by atoms with E-state index in [9.17, 15) is 4.79 Å². The molecule has 0 radical (unpaired) electrons. The molecular weight excluding hydrogens is 156 g/mol. The van der Waals surface area contributed by atoms with Gasteiger partial charge in [-0.15, -0.1) is 0 Å². The summed E-state index contributed by atoms with van der Waals surface area (Å²) < 4.78 is 0. The largest absolute Gasteiger partial charge is 0.481 e. The first-order valence-electron chi connectivity index (χ1n) is 3.89. The Labute approximate surface area is 69.9 Å². The monoisotopic (exact) mass is 166 g/mol. The van der Waals surface area contributed by atoms with Gasteiger partial charge in [0, 0.05) is 12.2 Å². The van der Waals surface area contributed by atoms with Crippen molar-refractivity contribution in [2.45, 2.75) is 6.42 Å². The van der Waals surface area contributed by atoms with Gasteiger partial charge in [0.15, 0.2) is 0 Å². The zero-order chi connectivity index (χ0) is 8.55. The molecule has 0 spiro atoms. The Morgan fingerprint density at radius 2 is 2.50 bits per heavy atom. The highest BCUT2D eigenvalue weighted by molar-refractivity contribution is 5.73. The third kappa shape index (κ3) is 1.10. The summed E-state index contributed by atoms with van der Waals surface area (Å²) >= 11 is 0. The summed E-state index contributed by atoms with van der Waals surface area (Å²) in [5, 5.41) is 8.74. The van der Waals surface area contributed by atoms with Crippen molar-refractivity contribution in [3.63, 3.8) is 0 Å². The molecule has 0 aromatic heterocycles. The molecule has 0 saturated carbocycles. The number of carboxylic acids is 1. The standard InChI is InChI=1S/C8H10N2O2/c11-8(12)5-1-2-7-6(3-5)4-9-10-7/h1-2,5,9-10H,3-4H2,(H,11,12). The molecule has 1 heterocycles. The van der Waals surface area contributed by atoms with Gasteiger partial charge in [0.25, 0.3) is 0 Å². The first-order chi connectivity index (χ1) is 5.77. The molecule has 0 bridgehead atoms. The number of carboxylic acid groups (broad SMARTS) is 1. The molecule has 3 N–H and O–H groups in total. The second kappa shape index (κ2) is 2.64. The van der Waals surface area contributed by atoms with Crippen LogP contribution >= 0.6 is 0 Å². The van der Waals surface area contributed by atoms with E-state index in [0.717, 1.165) is 17.8 Å². The summed E-state index contributed by atoms with van der Waals surface area (Å²) in [6, 6.07) is 0. The molecule has 0 amide bonds. The fourth-order valence-corrected chi connectivity index (χ4v) is 1.49. The molecule has 1 unspecified atom stereocenters. The number of hydrogen-bond donors (Lipinski definition) is 3. The van der Waals surface area contributed by atoms with Gasteiger partial charge in [-0.25, -0.2) is 5.43 Å². The molecule has 12 heavy (non-hydrogen) atoms. The van der Waals surface area contributed by atoms with Gasteiger partial charge in [0.2, 0.25) is 0 Å². The molecule has 1 atom stereocenters. The second-order valence-corrected chi connectivity index (χ2v) is 3.00. The number of hydrazine groups is 1. The van der Waals surface area contributed by atoms with Crippen molar-refractivity contribution in [2.75, 3.05) is 6.54 Å². The van der Waals surface area contributed by atoms with Crippen LogP contribution in [-0.4, -0.2) is 17.6 Å². The molecule has 0 fully saturated rings. The molecule has 4 nitrogen and oxygen atoms in total. The van der Waals surface area contributed by atoms with Crippen LogP contribution in [0.3, 0.4) is 0 Å². The smallest absolute Gasteiger partial charge is 0.310 e. The van der Waals surface area contributed by atoms with Gasteiger partial charge in [0.1, 0.15) is 0 Å². The van der Waals surface area contributed by atoms with Gasteiger partial charge in [-0.2, -0.15) is 0 Å². The summed E-state index contributed by atoms with van der Waals surface area (Å²) in [6.07, 6.45) is 4.18. The third-order valence-electron chi connectivity index (χ3n) is 2.18. The molecule has 64 valence electrons. The van der Waals surface area contributed by atoms with Gasteiger partial charge in [0.05, 0.1) is 5.92 Å². The zero-order valence-corrected chi connectivity index (χ0v) is 6.50. The SMILES string of the molecule is O=C(O)C1C=CC2=C(CNN2)C1. The number of aliphatic carboxylic acids is 1. The van der Waals surface area contributed by atoms with Crippen molar-refractivity contribution in [2.24, 2.45) is 5.92 Å². The number of allylic oxidation sites excluding steroid dienone is 1. The Morgan fingerprint density at radius 1 is 1.67 bits per heavy atom. The quantitative estimate of drug-likeness (QED) is 0.513. The lowest BCUT2D eigenvalue weighted by Crippen LogP contribution is -2.22. The maximum Gasteiger partial charge on any atom is 0.310 e. The fraction of sp³-hybridized carbons (Fsp3) is 0.375. The summed E-state index contributed by atoms with van der Waals surface area (Å²) in [5.74, 6) is -1.09. The lowest BCUT2D eigenvalue weighted by Gasteiger charge is -2.12. The third-order valence-corrected chi connectivity index (χ3v) is 2.18. The summed E-state index contributed by atoms with van der Waals surface area (Å²) in [7, 11) is 0. The van der Waals surface area contributed by atoms with Crippen molar-refractivity contribution in [1.29, 1.82) is 0 Å². The van der Waals surface area contributed by atoms with E-state index in [1.54, 1.807) is 6.08 Å². The van der Waals surface area contributed by atoms with Crippen LogP contribution in [0.2, 0.25) is 0 Å². The Hall–Kier alpha value is -1.29. The summed E-state index contributed by atoms with van der Waals surface area (Å²) in [6.45, 7) is 0.753. The van der Waals surface area contributed by atoms with Crippen molar-refractivity contribution >= 4 is 5.97 Å². The maximum atomic E-state index is 10.6. The number of nitrogens with one attached hydrogen (secondary N) is 2. The highest BCUT2D eigenvalue weighted by Gasteiger charge is 2.23. The highest BCUT2D eigenvalue weighted by Crippen LogP contribution is 2.23. The van der Waals surface area contributed by atoms with Crippen LogP contribution in [0.5, 0.6) is 0 Å². The number of rotatable bonds is 1. The summed E-state index contributed by atoms with van der Waals surface area (Å²) in [5.41, 5.74) is 8.12. The molecule has 1 aliphatic heterocycles. The predicted octanol–water partition coefficient (Wildman–Crippen LogP) is 0.00900. The fourth-order valence-electron chi connectivity index (χ4n) is 1.49. The van der Waals surface area contributed by atoms with Crippen LogP contribution in [0, 0.1) is 5.92 Å². The lowest BCUT2D eigenvalue weighted by atomic mass is 9.93. The molecule has 0 aromatic carbocycles. The zero-order valence-electron chi connectivity index (χ0n) is 6.50. The van der Waals surface area contributed by atoms with Crippen LogP contribution < -0.4 is 10.9 Å². The van der Waals surface area contributed by atoms with E-state index in [-0.39, 0.29) is 5.92 Å². The van der Waals surface area contributed by atoms with E-state index in [1.807, 2.05) is 6.08 Å². The van der Waals surface area contributed by atoms with E-state index < -0.39 is 5.97 Å². The average molecular weight is 166 g/mol. The first kappa shape index (κ1) is 7.36. The average Bonchev–Trinajstić information content (AvgIpc) is 2.49. The Balaban J connectivity index is 2.15. The molecule has 2 aliphatic rings. The Kier molecular flexibility index (Phi) is 1.62. The van der Waals surface area contributed by atoms with Gasteiger partial charge in [-0.3, -0.25) is 4.79 Å². The minimum Gasteiger partial charge on any atom is -0.481 e. The first-order valence-corrected chi connectivity index (χ1v) is 3.89. The van der Waals surface area contributed by atoms with Gasteiger partial charge < -0.3 is 10.5 Å². The van der Waals surface area contributed by atoms with E-state index in [4.69, 9.17) is 5.11 Å².